The second-order valence-electron chi connectivity index (χ2n) is 4.58. The summed E-state index contributed by atoms with van der Waals surface area (Å²) in [6.45, 7) is 0. The number of nitrogens with zero attached hydrogens (tertiary/aromatic N) is 2. The maximum Gasteiger partial charge on any atom is 0.205 e. The molecule has 1 unspecified atom stereocenters. The molecule has 0 aliphatic rings. The number of aromatic nitrogens is 2. The summed E-state index contributed by atoms with van der Waals surface area (Å²) in [7, 11) is 0. The normalized spacial score (nSPS) is 12.3. The molecule has 0 bridgehead atoms. The maximum absolute atomic E-state index is 11.9. The number of hydrogen-bond donors (Lipinski definition) is 0. The van der Waals surface area contributed by atoms with Crippen LogP contribution in [0.1, 0.15) is 16.5 Å². The van der Waals surface area contributed by atoms with Gasteiger partial charge in [0.15, 0.2) is 0 Å². The molecule has 3 aromatic rings. The quantitative estimate of drug-likeness (QED) is 0.489. The van der Waals surface area contributed by atoms with Gasteiger partial charge in [0.1, 0.15) is 5.01 Å². The smallest absolute Gasteiger partial charge is 0.205 e. The molecule has 7 heteroatoms. The Balaban J connectivity index is 1.84. The fourth-order valence-corrected chi connectivity index (χ4v) is 4.40. The monoisotopic (exact) mass is 456 g/mol. The molecule has 1 atom stereocenters. The molecule has 3 nitrogen and oxygen atoms in total. The van der Waals surface area contributed by atoms with Crippen molar-refractivity contribution in [1.82, 2.24) is 9.97 Å². The molecule has 1 aromatic carbocycles. The number of benzene rings is 1. The van der Waals surface area contributed by atoms with Crippen LogP contribution in [0.4, 0.5) is 0 Å². The van der Waals surface area contributed by atoms with E-state index in [0.717, 1.165) is 24.9 Å². The topological polar surface area (TPSA) is 42.9 Å². The van der Waals surface area contributed by atoms with E-state index in [9.17, 15) is 4.79 Å². The van der Waals surface area contributed by atoms with Crippen molar-refractivity contribution in [3.05, 3.63) is 56.4 Å². The molecule has 0 N–H and O–H groups in total. The predicted octanol–water partition coefficient (Wildman–Crippen LogP) is 5.28. The minimum absolute atomic E-state index is 0.0209. The summed E-state index contributed by atoms with van der Waals surface area (Å²) in [6.07, 6.45) is 4.17. The van der Waals surface area contributed by atoms with Gasteiger partial charge in [-0.3, -0.25) is 4.79 Å². The molecule has 0 saturated carbocycles. The molecule has 0 radical (unpaired) electrons. The van der Waals surface area contributed by atoms with Crippen molar-refractivity contribution in [1.29, 1.82) is 0 Å². The van der Waals surface area contributed by atoms with Gasteiger partial charge in [-0.25, -0.2) is 9.97 Å². The van der Waals surface area contributed by atoms with Crippen LogP contribution in [-0.2, 0) is 11.2 Å². The van der Waals surface area contributed by atoms with Crippen molar-refractivity contribution in [3.63, 3.8) is 0 Å². The minimum Gasteiger partial charge on any atom is -0.286 e. The maximum atomic E-state index is 11.9. The molecular formula is C15H10Br2N2OS2. The van der Waals surface area contributed by atoms with Crippen LogP contribution in [0.5, 0.6) is 0 Å². The Labute approximate surface area is 152 Å². The highest BCUT2D eigenvalue weighted by Gasteiger charge is 2.20. The molecule has 112 valence electrons. The summed E-state index contributed by atoms with van der Waals surface area (Å²) < 4.78 is 0.983. The predicted molar refractivity (Wildman–Crippen MR) is 97.7 cm³/mol. The molecular weight excluding hydrogens is 448 g/mol. The van der Waals surface area contributed by atoms with Gasteiger partial charge in [-0.15, -0.1) is 22.7 Å². The van der Waals surface area contributed by atoms with Crippen LogP contribution in [0.15, 0.2) is 45.8 Å². The Bertz CT molecular complexity index is 769. The zero-order chi connectivity index (χ0) is 15.5. The fraction of sp³-hybridized carbons (Fsp3) is 0.133. The van der Waals surface area contributed by atoms with Crippen LogP contribution < -0.4 is 0 Å². The van der Waals surface area contributed by atoms with Gasteiger partial charge in [-0.05, 0) is 37.4 Å². The second-order valence-corrected chi connectivity index (χ2v) is 8.75. The van der Waals surface area contributed by atoms with Gasteiger partial charge in [-0.2, -0.15) is 0 Å². The van der Waals surface area contributed by atoms with Gasteiger partial charge < -0.3 is 0 Å². The first-order valence-corrected chi connectivity index (χ1v) is 9.71. The number of thiazole rings is 2. The summed E-state index contributed by atoms with van der Waals surface area (Å²) in [5, 5.41) is 3.85. The number of halogens is 2. The van der Waals surface area contributed by atoms with Crippen LogP contribution in [0.2, 0.25) is 0 Å². The minimum atomic E-state index is -0.219. The number of hydrogen-bond acceptors (Lipinski definition) is 5. The van der Waals surface area contributed by atoms with E-state index >= 15 is 0 Å². The Hall–Kier alpha value is -0.890. The highest BCUT2D eigenvalue weighted by atomic mass is 79.9. The van der Waals surface area contributed by atoms with Crippen molar-refractivity contribution in [2.75, 3.05) is 0 Å². The van der Waals surface area contributed by atoms with Crippen LogP contribution in [-0.4, -0.2) is 14.7 Å². The summed E-state index contributed by atoms with van der Waals surface area (Å²) >= 11 is 9.68. The number of rotatable bonds is 5. The molecule has 0 aliphatic heterocycles. The van der Waals surface area contributed by atoms with Gasteiger partial charge in [0.25, 0.3) is 0 Å². The first kappa shape index (κ1) is 16.0. The van der Waals surface area contributed by atoms with E-state index in [1.165, 1.54) is 0 Å². The van der Waals surface area contributed by atoms with E-state index in [0.29, 0.717) is 6.42 Å². The summed E-state index contributed by atoms with van der Waals surface area (Å²) in [4.78, 5) is 20.5. The fourth-order valence-electron chi connectivity index (χ4n) is 2.10. The summed E-state index contributed by atoms with van der Waals surface area (Å²) in [6, 6.07) is 7.99. The van der Waals surface area contributed by atoms with Crippen LogP contribution >= 0.6 is 54.5 Å². The lowest BCUT2D eigenvalue weighted by atomic mass is 9.96. The largest absolute Gasteiger partial charge is 0.286 e. The Morgan fingerprint density at radius 3 is 2.55 bits per heavy atom. The Kier molecular flexibility index (Phi) is 5.18. The number of carbonyl (C=O) groups excluding carboxylic acids is 1. The number of carbonyl (C=O) groups is 1. The molecule has 0 aliphatic carbocycles. The third kappa shape index (κ3) is 3.71. The average Bonchev–Trinajstić information content (AvgIpc) is 3.16. The lowest BCUT2D eigenvalue weighted by molar-refractivity contribution is -0.111. The highest BCUT2D eigenvalue weighted by Crippen LogP contribution is 2.31. The zero-order valence-electron chi connectivity index (χ0n) is 11.2. The van der Waals surface area contributed by atoms with E-state index in [1.807, 2.05) is 29.6 Å². The van der Waals surface area contributed by atoms with Crippen molar-refractivity contribution in [3.8, 4) is 10.6 Å². The van der Waals surface area contributed by atoms with Gasteiger partial charge in [0.2, 0.25) is 4.69 Å². The summed E-state index contributed by atoms with van der Waals surface area (Å²) in [5.74, 6) is -0.219. The highest BCUT2D eigenvalue weighted by molar-refractivity contribution is 9.18. The Morgan fingerprint density at radius 2 is 2.00 bits per heavy atom. The van der Waals surface area contributed by atoms with E-state index in [1.54, 1.807) is 35.1 Å². The molecule has 2 heterocycles. The molecule has 0 saturated heterocycles. The second kappa shape index (κ2) is 7.12. The van der Waals surface area contributed by atoms with Crippen LogP contribution in [0, 0.1) is 0 Å². The van der Waals surface area contributed by atoms with Crippen molar-refractivity contribution in [2.45, 2.75) is 12.3 Å². The van der Waals surface area contributed by atoms with Crippen molar-refractivity contribution < 1.29 is 4.79 Å². The lowest BCUT2D eigenvalue weighted by Gasteiger charge is -2.12. The molecule has 22 heavy (non-hydrogen) atoms. The summed E-state index contributed by atoms with van der Waals surface area (Å²) in [5.41, 5.74) is 2.03. The zero-order valence-corrected chi connectivity index (χ0v) is 16.0. The van der Waals surface area contributed by atoms with Crippen molar-refractivity contribution in [2.24, 2.45) is 0 Å². The van der Waals surface area contributed by atoms with E-state index in [4.69, 9.17) is 0 Å². The van der Waals surface area contributed by atoms with Gasteiger partial charge in [0, 0.05) is 23.6 Å². The van der Waals surface area contributed by atoms with E-state index < -0.39 is 0 Å². The van der Waals surface area contributed by atoms with Gasteiger partial charge in [0.05, 0.1) is 20.9 Å². The third-order valence-corrected chi connectivity index (χ3v) is 6.05. The molecule has 2 aromatic heterocycles. The van der Waals surface area contributed by atoms with Gasteiger partial charge >= 0.3 is 0 Å². The van der Waals surface area contributed by atoms with E-state index in [2.05, 4.69) is 41.8 Å². The Morgan fingerprint density at radius 1 is 1.23 bits per heavy atom. The molecule has 0 fully saturated rings. The first-order chi connectivity index (χ1) is 10.6. The van der Waals surface area contributed by atoms with Gasteiger partial charge in [-0.1, -0.05) is 24.3 Å². The SMILES string of the molecule is O=C(Br)C(Cc1nccs1)c1ccc(-c2ncc(Br)s2)cc1. The molecule has 0 amide bonds. The molecule has 0 spiro atoms. The van der Waals surface area contributed by atoms with E-state index in [-0.39, 0.29) is 10.6 Å². The lowest BCUT2D eigenvalue weighted by Crippen LogP contribution is -2.09. The standard InChI is InChI=1S/C15H10Br2N2OS2/c16-12-8-19-15(22-12)10-3-1-9(2-4-10)11(14(17)20)7-13-18-5-6-21-13/h1-6,8,11H,7H2. The third-order valence-electron chi connectivity index (χ3n) is 3.17. The van der Waals surface area contributed by atoms with Crippen LogP contribution in [0.3, 0.4) is 0 Å². The first-order valence-electron chi connectivity index (χ1n) is 6.43. The molecule has 3 rings (SSSR count). The average molecular weight is 458 g/mol. The van der Waals surface area contributed by atoms with Crippen molar-refractivity contribution >= 4 is 59.2 Å². The van der Waals surface area contributed by atoms with Crippen LogP contribution in [0.25, 0.3) is 10.6 Å².